The summed E-state index contributed by atoms with van der Waals surface area (Å²) < 4.78 is 7.64. The average molecular weight is 505 g/mol. The number of nitrogens with one attached hydrogen (secondary N) is 2. The number of benzene rings is 2. The predicted molar refractivity (Wildman–Crippen MR) is 128 cm³/mol. The third-order valence-corrected chi connectivity index (χ3v) is 4.04. The molecule has 0 aliphatic heterocycles. The Morgan fingerprint density at radius 3 is 2.45 bits per heavy atom. The van der Waals surface area contributed by atoms with Crippen molar-refractivity contribution in [1.29, 1.82) is 0 Å². The molecule has 0 atom stereocenters. The summed E-state index contributed by atoms with van der Waals surface area (Å²) in [6.07, 6.45) is 3.91. The lowest BCUT2D eigenvalue weighted by Crippen LogP contribution is -2.39. The first-order chi connectivity index (χ1) is 13.8. The highest BCUT2D eigenvalue weighted by Crippen LogP contribution is 2.07. The first-order valence-electron chi connectivity index (χ1n) is 9.59. The van der Waals surface area contributed by atoms with Crippen LogP contribution >= 0.6 is 24.0 Å². The molecule has 2 N–H and O–H groups in total. The van der Waals surface area contributed by atoms with Gasteiger partial charge >= 0.3 is 0 Å². The van der Waals surface area contributed by atoms with Crippen LogP contribution in [0, 0.1) is 0 Å². The molecule has 0 amide bonds. The Hall–Kier alpha value is -2.55. The molecular formula is C22H28IN5O. The summed E-state index contributed by atoms with van der Waals surface area (Å²) in [7, 11) is 0. The largest absolute Gasteiger partial charge is 0.492 e. The smallest absolute Gasteiger partial charge is 0.191 e. The van der Waals surface area contributed by atoms with Crippen LogP contribution in [0.25, 0.3) is 0 Å². The number of aromatic nitrogens is 2. The van der Waals surface area contributed by atoms with Crippen molar-refractivity contribution >= 4 is 29.9 Å². The number of nitrogens with zero attached hydrogens (tertiary/aromatic N) is 3. The molecule has 1 aromatic heterocycles. The molecule has 0 saturated carbocycles. The van der Waals surface area contributed by atoms with E-state index < -0.39 is 0 Å². The Bertz CT molecular complexity index is 852. The van der Waals surface area contributed by atoms with Gasteiger partial charge in [0.15, 0.2) is 5.96 Å². The molecule has 1 heterocycles. The van der Waals surface area contributed by atoms with E-state index in [1.165, 1.54) is 5.56 Å². The fraction of sp³-hybridized carbons (Fsp3) is 0.273. The molecule has 0 bridgehead atoms. The zero-order chi connectivity index (χ0) is 19.4. The van der Waals surface area contributed by atoms with Crippen molar-refractivity contribution in [2.75, 3.05) is 19.7 Å². The number of hydrogen-bond acceptors (Lipinski definition) is 3. The summed E-state index contributed by atoms with van der Waals surface area (Å²) >= 11 is 0. The molecule has 0 aliphatic carbocycles. The van der Waals surface area contributed by atoms with Crippen molar-refractivity contribution in [2.24, 2.45) is 4.99 Å². The van der Waals surface area contributed by atoms with E-state index in [2.05, 4.69) is 39.8 Å². The fourth-order valence-corrected chi connectivity index (χ4v) is 2.71. The molecule has 154 valence electrons. The molecule has 29 heavy (non-hydrogen) atoms. The van der Waals surface area contributed by atoms with Crippen molar-refractivity contribution in [3.05, 3.63) is 84.2 Å². The second-order valence-electron chi connectivity index (χ2n) is 6.32. The van der Waals surface area contributed by atoms with Gasteiger partial charge < -0.3 is 15.4 Å². The van der Waals surface area contributed by atoms with E-state index in [4.69, 9.17) is 4.74 Å². The molecule has 0 fully saturated rings. The summed E-state index contributed by atoms with van der Waals surface area (Å²) in [5, 5.41) is 11.0. The Kier molecular flexibility index (Phi) is 10.1. The summed E-state index contributed by atoms with van der Waals surface area (Å²) in [5.74, 6) is 1.65. The topological polar surface area (TPSA) is 63.5 Å². The molecule has 6 nitrogen and oxygen atoms in total. The lowest BCUT2D eigenvalue weighted by Gasteiger charge is -2.11. The normalized spacial score (nSPS) is 10.9. The average Bonchev–Trinajstić information content (AvgIpc) is 3.18. The zero-order valence-electron chi connectivity index (χ0n) is 16.6. The van der Waals surface area contributed by atoms with Crippen molar-refractivity contribution in [3.63, 3.8) is 0 Å². The van der Waals surface area contributed by atoms with Crippen LogP contribution in [0.3, 0.4) is 0 Å². The van der Waals surface area contributed by atoms with Gasteiger partial charge in [0.05, 0.1) is 25.8 Å². The summed E-state index contributed by atoms with van der Waals surface area (Å²) in [6.45, 7) is 5.44. The predicted octanol–water partition coefficient (Wildman–Crippen LogP) is 3.68. The van der Waals surface area contributed by atoms with Crippen molar-refractivity contribution in [3.8, 4) is 5.75 Å². The molecule has 0 spiro atoms. The minimum atomic E-state index is 0. The van der Waals surface area contributed by atoms with Crippen LogP contribution in [0.2, 0.25) is 0 Å². The number of hydrogen-bond donors (Lipinski definition) is 2. The zero-order valence-corrected chi connectivity index (χ0v) is 19.0. The van der Waals surface area contributed by atoms with Gasteiger partial charge in [-0.1, -0.05) is 48.5 Å². The molecule has 0 unspecified atom stereocenters. The molecule has 0 aliphatic rings. The van der Waals surface area contributed by atoms with Crippen LogP contribution in [0.5, 0.6) is 5.75 Å². The maximum Gasteiger partial charge on any atom is 0.191 e. The number of guanidine groups is 1. The van der Waals surface area contributed by atoms with Crippen molar-refractivity contribution < 1.29 is 4.74 Å². The van der Waals surface area contributed by atoms with Crippen LogP contribution in [0.15, 0.2) is 78.0 Å². The van der Waals surface area contributed by atoms with E-state index in [0.29, 0.717) is 19.7 Å². The molecule has 2 aromatic carbocycles. The third-order valence-electron chi connectivity index (χ3n) is 4.04. The minimum absolute atomic E-state index is 0. The van der Waals surface area contributed by atoms with Gasteiger partial charge in [-0.15, -0.1) is 24.0 Å². The van der Waals surface area contributed by atoms with Crippen LogP contribution in [0.4, 0.5) is 0 Å². The monoisotopic (exact) mass is 505 g/mol. The maximum atomic E-state index is 5.70. The van der Waals surface area contributed by atoms with Crippen LogP contribution in [-0.2, 0) is 13.1 Å². The summed E-state index contributed by atoms with van der Waals surface area (Å²) in [4.78, 5) is 4.63. The highest BCUT2D eigenvalue weighted by molar-refractivity contribution is 14.0. The standard InChI is InChI=1S/C22H27N5O.HI/c1-2-23-22(24-13-14-28-21-11-7-4-8-12-21)25-15-20-16-26-27(18-20)17-19-9-5-3-6-10-19;/h3-12,16,18H,2,13-15,17H2,1H3,(H2,23,24,25);1H. The van der Waals surface area contributed by atoms with Gasteiger partial charge in [0, 0.05) is 18.3 Å². The van der Waals surface area contributed by atoms with Crippen molar-refractivity contribution in [1.82, 2.24) is 20.4 Å². The third kappa shape index (κ3) is 8.15. The van der Waals surface area contributed by atoms with Gasteiger partial charge in [0.1, 0.15) is 12.4 Å². The Labute approximate surface area is 189 Å². The van der Waals surface area contributed by atoms with Gasteiger partial charge in [0.2, 0.25) is 0 Å². The molecule has 7 heteroatoms. The van der Waals surface area contributed by atoms with E-state index in [1.807, 2.05) is 65.6 Å². The van der Waals surface area contributed by atoms with Gasteiger partial charge in [0.25, 0.3) is 0 Å². The van der Waals surface area contributed by atoms with E-state index in [9.17, 15) is 0 Å². The van der Waals surface area contributed by atoms with Crippen LogP contribution in [-0.4, -0.2) is 35.4 Å². The lowest BCUT2D eigenvalue weighted by atomic mass is 10.2. The molecule has 0 radical (unpaired) electrons. The Balaban J connectivity index is 0.00000300. The highest BCUT2D eigenvalue weighted by atomic mass is 127. The number of aliphatic imine (C=N–C) groups is 1. The molecule has 0 saturated heterocycles. The van der Waals surface area contributed by atoms with Gasteiger partial charge in [-0.2, -0.15) is 5.10 Å². The van der Waals surface area contributed by atoms with E-state index in [-0.39, 0.29) is 24.0 Å². The molecular weight excluding hydrogens is 477 g/mol. The van der Waals surface area contributed by atoms with E-state index in [0.717, 1.165) is 30.4 Å². The number of ether oxygens (including phenoxy) is 1. The van der Waals surface area contributed by atoms with Crippen LogP contribution < -0.4 is 15.4 Å². The number of para-hydroxylation sites is 1. The van der Waals surface area contributed by atoms with Crippen molar-refractivity contribution in [2.45, 2.75) is 20.0 Å². The first-order valence-corrected chi connectivity index (χ1v) is 9.59. The number of rotatable bonds is 9. The SMILES string of the molecule is CCNC(=NCc1cnn(Cc2ccccc2)c1)NCCOc1ccccc1.I. The quantitative estimate of drug-likeness (QED) is 0.202. The second-order valence-corrected chi connectivity index (χ2v) is 6.32. The summed E-state index contributed by atoms with van der Waals surface area (Å²) in [5.41, 5.74) is 2.31. The van der Waals surface area contributed by atoms with E-state index in [1.54, 1.807) is 0 Å². The van der Waals surface area contributed by atoms with Gasteiger partial charge in [-0.25, -0.2) is 4.99 Å². The Morgan fingerprint density at radius 1 is 1.00 bits per heavy atom. The molecule has 3 rings (SSSR count). The lowest BCUT2D eigenvalue weighted by molar-refractivity contribution is 0.322. The highest BCUT2D eigenvalue weighted by Gasteiger charge is 2.01. The van der Waals surface area contributed by atoms with E-state index >= 15 is 0 Å². The first kappa shape index (κ1) is 22.7. The van der Waals surface area contributed by atoms with Crippen LogP contribution in [0.1, 0.15) is 18.1 Å². The summed E-state index contributed by atoms with van der Waals surface area (Å²) in [6, 6.07) is 20.1. The maximum absolute atomic E-state index is 5.70. The van der Waals surface area contributed by atoms with Gasteiger partial charge in [-0.3, -0.25) is 4.68 Å². The Morgan fingerprint density at radius 2 is 1.72 bits per heavy atom. The molecule has 3 aromatic rings. The second kappa shape index (κ2) is 12.8. The van der Waals surface area contributed by atoms with Gasteiger partial charge in [-0.05, 0) is 24.6 Å². The number of halogens is 1. The minimum Gasteiger partial charge on any atom is -0.492 e. The fourth-order valence-electron chi connectivity index (χ4n) is 2.71.